The Balaban J connectivity index is 1.79. The van der Waals surface area contributed by atoms with Crippen molar-refractivity contribution in [2.75, 3.05) is 0 Å². The molecule has 2 aromatic rings. The highest BCUT2D eigenvalue weighted by Gasteiger charge is 2.43. The van der Waals surface area contributed by atoms with Crippen LogP contribution in [0.15, 0.2) is 60.7 Å². The first-order valence-corrected chi connectivity index (χ1v) is 7.07. The molecule has 1 aliphatic heterocycles. The van der Waals surface area contributed by atoms with Gasteiger partial charge in [-0.1, -0.05) is 60.7 Å². The Morgan fingerprint density at radius 2 is 1.05 bits per heavy atom. The molecule has 0 aliphatic carbocycles. The first-order chi connectivity index (χ1) is 10.2. The highest BCUT2D eigenvalue weighted by Crippen LogP contribution is 2.30. The molecule has 2 atom stereocenters. The van der Waals surface area contributed by atoms with Gasteiger partial charge in [0.2, 0.25) is 0 Å². The summed E-state index contributed by atoms with van der Waals surface area (Å²) in [5, 5.41) is 0. The minimum absolute atomic E-state index is 0.389. The van der Waals surface area contributed by atoms with E-state index in [1.165, 1.54) is 0 Å². The zero-order valence-electron chi connectivity index (χ0n) is 11.6. The lowest BCUT2D eigenvalue weighted by molar-refractivity contribution is -0.153. The highest BCUT2D eigenvalue weighted by atomic mass is 16.6. The number of rotatable bonds is 4. The quantitative estimate of drug-likeness (QED) is 0.639. The van der Waals surface area contributed by atoms with Crippen LogP contribution in [0.1, 0.15) is 11.1 Å². The van der Waals surface area contributed by atoms with E-state index in [2.05, 4.69) is 0 Å². The van der Waals surface area contributed by atoms with Crippen molar-refractivity contribution in [3.05, 3.63) is 71.8 Å². The molecule has 1 saturated heterocycles. The van der Waals surface area contributed by atoms with Gasteiger partial charge in [0.15, 0.2) is 0 Å². The summed E-state index contributed by atoms with van der Waals surface area (Å²) >= 11 is 0. The van der Waals surface area contributed by atoms with Gasteiger partial charge >= 0.3 is 11.9 Å². The van der Waals surface area contributed by atoms with Gasteiger partial charge in [-0.25, -0.2) is 0 Å². The Morgan fingerprint density at radius 3 is 1.43 bits per heavy atom. The maximum Gasteiger partial charge on any atom is 0.317 e. The van der Waals surface area contributed by atoms with Crippen LogP contribution in [-0.2, 0) is 27.2 Å². The largest absolute Gasteiger partial charge is 0.393 e. The molecule has 0 spiro atoms. The summed E-state index contributed by atoms with van der Waals surface area (Å²) < 4.78 is 4.85. The molecule has 0 saturated carbocycles. The SMILES string of the molecule is O=C1OC(=O)[C@H](Cc2ccccc2)[C@H]1Cc1ccccc1. The highest BCUT2D eigenvalue weighted by molar-refractivity contribution is 5.96. The van der Waals surface area contributed by atoms with Gasteiger partial charge in [0.25, 0.3) is 0 Å². The predicted molar refractivity (Wildman–Crippen MR) is 78.4 cm³/mol. The van der Waals surface area contributed by atoms with Crippen LogP contribution >= 0.6 is 0 Å². The molecule has 21 heavy (non-hydrogen) atoms. The summed E-state index contributed by atoms with van der Waals surface area (Å²) in [7, 11) is 0. The minimum atomic E-state index is -0.398. The van der Waals surface area contributed by atoms with Gasteiger partial charge in [0, 0.05) is 0 Å². The van der Waals surface area contributed by atoms with Crippen molar-refractivity contribution in [1.29, 1.82) is 0 Å². The third-order valence-corrected chi connectivity index (χ3v) is 3.89. The van der Waals surface area contributed by atoms with Crippen LogP contribution in [0.4, 0.5) is 0 Å². The molecule has 3 heteroatoms. The lowest BCUT2D eigenvalue weighted by Crippen LogP contribution is -2.22. The average Bonchev–Trinajstić information content (AvgIpc) is 2.76. The van der Waals surface area contributed by atoms with E-state index in [1.54, 1.807) is 0 Å². The number of hydrogen-bond acceptors (Lipinski definition) is 3. The van der Waals surface area contributed by atoms with E-state index in [9.17, 15) is 9.59 Å². The second-order valence-corrected chi connectivity index (χ2v) is 5.33. The Labute approximate surface area is 123 Å². The van der Waals surface area contributed by atoms with Gasteiger partial charge in [0.05, 0.1) is 11.8 Å². The van der Waals surface area contributed by atoms with Crippen molar-refractivity contribution in [2.24, 2.45) is 11.8 Å². The van der Waals surface area contributed by atoms with E-state index < -0.39 is 11.9 Å². The molecular weight excluding hydrogens is 264 g/mol. The monoisotopic (exact) mass is 280 g/mol. The Morgan fingerprint density at radius 1 is 0.667 bits per heavy atom. The molecule has 3 nitrogen and oxygen atoms in total. The summed E-state index contributed by atoms with van der Waals surface area (Å²) in [6, 6.07) is 19.5. The summed E-state index contributed by atoms with van der Waals surface area (Å²) in [5.41, 5.74) is 2.10. The zero-order valence-corrected chi connectivity index (χ0v) is 11.6. The van der Waals surface area contributed by atoms with E-state index in [-0.39, 0.29) is 11.8 Å². The van der Waals surface area contributed by atoms with Crippen molar-refractivity contribution in [3.8, 4) is 0 Å². The number of hydrogen-bond donors (Lipinski definition) is 0. The van der Waals surface area contributed by atoms with Gasteiger partial charge in [0.1, 0.15) is 0 Å². The summed E-state index contributed by atoms with van der Waals surface area (Å²) in [6.07, 6.45) is 1.09. The predicted octanol–water partition coefficient (Wildman–Crippen LogP) is 2.79. The fourth-order valence-electron chi connectivity index (χ4n) is 2.77. The maximum absolute atomic E-state index is 11.9. The number of cyclic esters (lactones) is 2. The number of carbonyl (C=O) groups excluding carboxylic acids is 2. The fourth-order valence-corrected chi connectivity index (χ4v) is 2.77. The van der Waals surface area contributed by atoms with Gasteiger partial charge in [-0.2, -0.15) is 0 Å². The molecule has 106 valence electrons. The van der Waals surface area contributed by atoms with E-state index in [4.69, 9.17) is 4.74 Å². The fraction of sp³-hybridized carbons (Fsp3) is 0.222. The standard InChI is InChI=1S/C18H16O3/c19-17-15(11-13-7-3-1-4-8-13)16(18(20)21-17)12-14-9-5-2-6-10-14/h1-10,15-16H,11-12H2/t15-,16-/m1/s1. The Bertz CT molecular complexity index is 577. The van der Waals surface area contributed by atoms with Crippen LogP contribution in [0, 0.1) is 11.8 Å². The average molecular weight is 280 g/mol. The third-order valence-electron chi connectivity index (χ3n) is 3.89. The third kappa shape index (κ3) is 3.02. The first kappa shape index (κ1) is 13.6. The number of benzene rings is 2. The van der Waals surface area contributed by atoms with Crippen molar-refractivity contribution in [3.63, 3.8) is 0 Å². The molecule has 0 unspecified atom stereocenters. The van der Waals surface area contributed by atoms with Crippen LogP contribution < -0.4 is 0 Å². The summed E-state index contributed by atoms with van der Waals surface area (Å²) in [4.78, 5) is 23.9. The van der Waals surface area contributed by atoms with Crippen LogP contribution in [0.25, 0.3) is 0 Å². The maximum atomic E-state index is 11.9. The van der Waals surface area contributed by atoms with Gasteiger partial charge in [-0.3, -0.25) is 9.59 Å². The normalized spacial score (nSPS) is 21.3. The topological polar surface area (TPSA) is 43.4 Å². The molecule has 0 aromatic heterocycles. The van der Waals surface area contributed by atoms with Crippen molar-refractivity contribution < 1.29 is 14.3 Å². The van der Waals surface area contributed by atoms with Crippen LogP contribution in [-0.4, -0.2) is 11.9 Å². The van der Waals surface area contributed by atoms with E-state index in [0.29, 0.717) is 12.8 Å². The first-order valence-electron chi connectivity index (χ1n) is 7.07. The van der Waals surface area contributed by atoms with E-state index in [1.807, 2.05) is 60.7 Å². The van der Waals surface area contributed by atoms with Crippen molar-refractivity contribution >= 4 is 11.9 Å². The number of carbonyl (C=O) groups is 2. The second-order valence-electron chi connectivity index (χ2n) is 5.33. The molecule has 1 heterocycles. The molecule has 2 aromatic carbocycles. The van der Waals surface area contributed by atoms with E-state index in [0.717, 1.165) is 11.1 Å². The van der Waals surface area contributed by atoms with Gasteiger partial charge in [-0.05, 0) is 24.0 Å². The Hall–Kier alpha value is -2.42. The van der Waals surface area contributed by atoms with Crippen molar-refractivity contribution in [2.45, 2.75) is 12.8 Å². The van der Waals surface area contributed by atoms with Crippen LogP contribution in [0.2, 0.25) is 0 Å². The molecule has 3 rings (SSSR count). The molecular formula is C18H16O3. The van der Waals surface area contributed by atoms with E-state index >= 15 is 0 Å². The number of esters is 2. The van der Waals surface area contributed by atoms with Gasteiger partial charge in [-0.15, -0.1) is 0 Å². The smallest absolute Gasteiger partial charge is 0.317 e. The lowest BCUT2D eigenvalue weighted by atomic mass is 9.84. The molecule has 0 amide bonds. The molecule has 0 bridgehead atoms. The van der Waals surface area contributed by atoms with Crippen LogP contribution in [0.3, 0.4) is 0 Å². The second kappa shape index (κ2) is 5.92. The molecule has 1 aliphatic rings. The molecule has 0 N–H and O–H groups in total. The van der Waals surface area contributed by atoms with Gasteiger partial charge < -0.3 is 4.74 Å². The molecule has 1 fully saturated rings. The zero-order chi connectivity index (χ0) is 14.7. The Kier molecular flexibility index (Phi) is 3.82. The van der Waals surface area contributed by atoms with Crippen LogP contribution in [0.5, 0.6) is 0 Å². The molecule has 0 radical (unpaired) electrons. The minimum Gasteiger partial charge on any atom is -0.393 e. The summed E-state index contributed by atoms with van der Waals surface area (Å²) in [6.45, 7) is 0. The summed E-state index contributed by atoms with van der Waals surface area (Å²) in [5.74, 6) is -1.57. The van der Waals surface area contributed by atoms with Crippen molar-refractivity contribution in [1.82, 2.24) is 0 Å². The lowest BCUT2D eigenvalue weighted by Gasteiger charge is -2.13. The number of ether oxygens (including phenoxy) is 1.